The number of nitro groups is 1. The van der Waals surface area contributed by atoms with E-state index in [1.807, 2.05) is 42.5 Å². The predicted molar refractivity (Wildman–Crippen MR) is 144 cm³/mol. The zero-order chi connectivity index (χ0) is 26.6. The first-order valence-corrected chi connectivity index (χ1v) is 11.8. The number of aromatic amines is 1. The van der Waals surface area contributed by atoms with E-state index < -0.39 is 16.2 Å². The van der Waals surface area contributed by atoms with E-state index in [0.717, 1.165) is 16.3 Å². The van der Waals surface area contributed by atoms with E-state index in [1.54, 1.807) is 31.2 Å². The first-order valence-electron chi connectivity index (χ1n) is 11.8. The van der Waals surface area contributed by atoms with Crippen LogP contribution < -0.4 is 20.7 Å². The molecule has 1 aromatic heterocycles. The zero-order valence-corrected chi connectivity index (χ0v) is 20.3. The fraction of sp³-hybridized carbons (Fsp3) is 0.107. The van der Waals surface area contributed by atoms with Crippen LogP contribution in [0.3, 0.4) is 0 Å². The van der Waals surface area contributed by atoms with Gasteiger partial charge in [0.05, 0.1) is 28.6 Å². The van der Waals surface area contributed by atoms with Crippen molar-refractivity contribution in [2.45, 2.75) is 13.5 Å². The Labute approximate surface area is 215 Å². The van der Waals surface area contributed by atoms with Gasteiger partial charge in [0.15, 0.2) is 5.75 Å². The van der Waals surface area contributed by atoms with Crippen molar-refractivity contribution >= 4 is 33.6 Å². The summed E-state index contributed by atoms with van der Waals surface area (Å²) in [6, 6.07) is 22.9. The number of rotatable bonds is 8. The third-order valence-electron chi connectivity index (χ3n) is 5.91. The first-order chi connectivity index (χ1) is 18.5. The number of nitro benzene ring substituents is 1. The minimum Gasteiger partial charge on any atom is -0.490 e. The summed E-state index contributed by atoms with van der Waals surface area (Å²) in [5, 5.41) is 18.3. The second-order valence-corrected chi connectivity index (χ2v) is 8.32. The summed E-state index contributed by atoms with van der Waals surface area (Å²) in [6.07, 6.45) is 1.19. The molecule has 4 aromatic carbocycles. The average Bonchev–Trinajstić information content (AvgIpc) is 2.92. The molecule has 5 rings (SSSR count). The lowest BCUT2D eigenvalue weighted by molar-refractivity contribution is -0.386. The molecule has 0 saturated heterocycles. The third kappa shape index (κ3) is 4.74. The molecule has 0 aliphatic carbocycles. The molecule has 0 aliphatic heterocycles. The Bertz CT molecular complexity index is 1820. The van der Waals surface area contributed by atoms with Gasteiger partial charge in [-0.2, -0.15) is 5.10 Å². The Kier molecular flexibility index (Phi) is 6.68. The van der Waals surface area contributed by atoms with Crippen LogP contribution in [0.4, 0.5) is 5.69 Å². The maximum absolute atomic E-state index is 12.8. The van der Waals surface area contributed by atoms with Crippen LogP contribution in [0.1, 0.15) is 18.1 Å². The van der Waals surface area contributed by atoms with Crippen LogP contribution in [0.5, 0.6) is 11.5 Å². The van der Waals surface area contributed by atoms with Crippen molar-refractivity contribution < 1.29 is 14.4 Å². The monoisotopic (exact) mass is 510 g/mol. The number of nitrogens with zero attached hydrogens (tertiary/aromatic N) is 3. The molecule has 0 spiro atoms. The number of ether oxygens (including phenoxy) is 2. The molecule has 38 heavy (non-hydrogen) atoms. The van der Waals surface area contributed by atoms with E-state index in [2.05, 4.69) is 10.1 Å². The maximum atomic E-state index is 12.8. The van der Waals surface area contributed by atoms with Crippen molar-refractivity contribution in [1.29, 1.82) is 0 Å². The molecule has 5 aromatic rings. The smallest absolute Gasteiger partial charge is 0.349 e. The molecule has 10 heteroatoms. The summed E-state index contributed by atoms with van der Waals surface area (Å²) >= 11 is 0. The highest BCUT2D eigenvalue weighted by atomic mass is 16.6. The Morgan fingerprint density at radius 1 is 0.974 bits per heavy atom. The van der Waals surface area contributed by atoms with Crippen LogP contribution in [0.25, 0.3) is 21.7 Å². The number of benzene rings is 4. The van der Waals surface area contributed by atoms with E-state index >= 15 is 0 Å². The molecular weight excluding hydrogens is 488 g/mol. The van der Waals surface area contributed by atoms with Gasteiger partial charge < -0.3 is 14.5 Å². The number of nitrogens with one attached hydrogen (secondary N) is 1. The van der Waals surface area contributed by atoms with Crippen LogP contribution in [-0.4, -0.2) is 27.4 Å². The van der Waals surface area contributed by atoms with Gasteiger partial charge in [0.1, 0.15) is 6.61 Å². The number of para-hydroxylation sites is 1. The van der Waals surface area contributed by atoms with E-state index in [-0.39, 0.29) is 41.3 Å². The second kappa shape index (κ2) is 10.4. The van der Waals surface area contributed by atoms with Gasteiger partial charge in [-0.1, -0.05) is 54.6 Å². The molecule has 0 unspecified atom stereocenters. The van der Waals surface area contributed by atoms with Gasteiger partial charge >= 0.3 is 11.4 Å². The number of hydrogen-bond acceptors (Lipinski definition) is 7. The summed E-state index contributed by atoms with van der Waals surface area (Å²) in [7, 11) is 0. The van der Waals surface area contributed by atoms with Crippen LogP contribution in [0, 0.1) is 10.1 Å². The van der Waals surface area contributed by atoms with E-state index in [0.29, 0.717) is 10.2 Å². The lowest BCUT2D eigenvalue weighted by Crippen LogP contribution is -2.32. The molecule has 1 heterocycles. The van der Waals surface area contributed by atoms with Crippen molar-refractivity contribution in [3.8, 4) is 11.5 Å². The SMILES string of the molecule is CCOc1cc(C=Nn2c(=O)[nH]c3ccccc3c2=O)cc([N+](=O)[O-])c1OCc1cccc2ccccc12. The fourth-order valence-electron chi connectivity index (χ4n) is 4.18. The number of hydrogen-bond donors (Lipinski definition) is 1. The lowest BCUT2D eigenvalue weighted by atomic mass is 10.1. The molecule has 0 bridgehead atoms. The molecule has 0 amide bonds. The normalized spacial score (nSPS) is 11.3. The lowest BCUT2D eigenvalue weighted by Gasteiger charge is -2.14. The Balaban J connectivity index is 1.53. The van der Waals surface area contributed by atoms with Gasteiger partial charge in [-0.05, 0) is 41.5 Å². The number of fused-ring (bicyclic) bond motifs is 2. The minimum atomic E-state index is -0.737. The number of H-pyrrole nitrogens is 1. The second-order valence-electron chi connectivity index (χ2n) is 8.32. The molecule has 190 valence electrons. The van der Waals surface area contributed by atoms with E-state index in [9.17, 15) is 19.7 Å². The van der Waals surface area contributed by atoms with Gasteiger partial charge in [0, 0.05) is 11.6 Å². The molecule has 0 aliphatic rings. The highest BCUT2D eigenvalue weighted by Crippen LogP contribution is 2.39. The Morgan fingerprint density at radius 2 is 1.71 bits per heavy atom. The standard InChI is InChI=1S/C28H22N4O6/c1-2-37-25-15-18(16-29-31-27(33)22-12-5-6-13-23(22)30-28(31)34)14-24(32(35)36)26(25)38-17-20-10-7-9-19-8-3-4-11-21(19)20/h3-16H,2,17H2,1H3,(H,30,34). The Hall–Kier alpha value is -5.25. The molecule has 0 saturated carbocycles. The van der Waals surface area contributed by atoms with E-state index in [4.69, 9.17) is 9.47 Å². The van der Waals surface area contributed by atoms with Crippen molar-refractivity contribution in [2.24, 2.45) is 5.10 Å². The van der Waals surface area contributed by atoms with Crippen molar-refractivity contribution in [1.82, 2.24) is 9.66 Å². The molecule has 0 radical (unpaired) electrons. The average molecular weight is 511 g/mol. The van der Waals surface area contributed by atoms with Crippen molar-refractivity contribution in [2.75, 3.05) is 6.61 Å². The van der Waals surface area contributed by atoms with Crippen molar-refractivity contribution in [3.63, 3.8) is 0 Å². The van der Waals surface area contributed by atoms with Crippen LogP contribution in [0.15, 0.2) is 93.6 Å². The Morgan fingerprint density at radius 3 is 2.50 bits per heavy atom. The summed E-state index contributed by atoms with van der Waals surface area (Å²) < 4.78 is 12.3. The molecule has 0 fully saturated rings. The molecule has 1 N–H and O–H groups in total. The molecule has 0 atom stereocenters. The minimum absolute atomic E-state index is 0.0253. The summed E-state index contributed by atoms with van der Waals surface area (Å²) in [4.78, 5) is 39.2. The summed E-state index contributed by atoms with van der Waals surface area (Å²) in [5.41, 5.74) is -0.194. The van der Waals surface area contributed by atoms with Gasteiger partial charge in [-0.15, -0.1) is 4.68 Å². The van der Waals surface area contributed by atoms with Crippen LogP contribution >= 0.6 is 0 Å². The summed E-state index contributed by atoms with van der Waals surface area (Å²) in [6.45, 7) is 2.05. The highest BCUT2D eigenvalue weighted by molar-refractivity contribution is 5.86. The fourth-order valence-corrected chi connectivity index (χ4v) is 4.18. The largest absolute Gasteiger partial charge is 0.490 e. The van der Waals surface area contributed by atoms with Crippen molar-refractivity contribution in [3.05, 3.63) is 121 Å². The molecular formula is C28H22N4O6. The topological polar surface area (TPSA) is 129 Å². The predicted octanol–water partition coefficient (Wildman–Crippen LogP) is 4.61. The number of aromatic nitrogens is 2. The summed E-state index contributed by atoms with van der Waals surface area (Å²) in [5.74, 6) is 0.116. The zero-order valence-electron chi connectivity index (χ0n) is 20.3. The van der Waals surface area contributed by atoms with E-state index in [1.165, 1.54) is 18.3 Å². The van der Waals surface area contributed by atoms with Crippen LogP contribution in [-0.2, 0) is 6.61 Å². The van der Waals surface area contributed by atoms with Gasteiger partial charge in [-0.25, -0.2) is 4.79 Å². The molecule has 10 nitrogen and oxygen atoms in total. The maximum Gasteiger partial charge on any atom is 0.349 e. The highest BCUT2D eigenvalue weighted by Gasteiger charge is 2.23. The van der Waals surface area contributed by atoms with Crippen LogP contribution in [0.2, 0.25) is 0 Å². The van der Waals surface area contributed by atoms with Gasteiger partial charge in [-0.3, -0.25) is 14.9 Å². The van der Waals surface area contributed by atoms with Gasteiger partial charge in [0.2, 0.25) is 5.75 Å². The quantitative estimate of drug-likeness (QED) is 0.184. The van der Waals surface area contributed by atoms with Gasteiger partial charge in [0.25, 0.3) is 5.56 Å². The third-order valence-corrected chi connectivity index (χ3v) is 5.91. The first kappa shape index (κ1) is 24.4.